The Morgan fingerprint density at radius 1 is 1.22 bits per heavy atom. The van der Waals surface area contributed by atoms with Crippen molar-refractivity contribution in [2.75, 3.05) is 0 Å². The Morgan fingerprint density at radius 3 is 2.57 bits per heavy atom. The molecule has 0 radical (unpaired) electrons. The Labute approximate surface area is 141 Å². The highest BCUT2D eigenvalue weighted by Gasteiger charge is 2.20. The van der Waals surface area contributed by atoms with Crippen molar-refractivity contribution >= 4 is 17.3 Å². The van der Waals surface area contributed by atoms with E-state index in [-0.39, 0.29) is 0 Å². The van der Waals surface area contributed by atoms with Gasteiger partial charge in [-0.1, -0.05) is 61.9 Å². The molecule has 0 bridgehead atoms. The molecular weight excluding hydrogens is 306 g/mol. The number of aromatic nitrogens is 1. The van der Waals surface area contributed by atoms with Crippen LogP contribution in [-0.4, -0.2) is 16.1 Å². The summed E-state index contributed by atoms with van der Waals surface area (Å²) < 4.78 is 0. The molecule has 0 spiro atoms. The molecule has 23 heavy (non-hydrogen) atoms. The number of carbonyl (C=O) groups is 1. The van der Waals surface area contributed by atoms with Gasteiger partial charge in [0.05, 0.1) is 5.69 Å². The number of hydrogen-bond donors (Lipinski definition) is 1. The van der Waals surface area contributed by atoms with E-state index < -0.39 is 5.97 Å². The van der Waals surface area contributed by atoms with Gasteiger partial charge in [0.15, 0.2) is 0 Å². The van der Waals surface area contributed by atoms with Crippen LogP contribution in [0.1, 0.15) is 59.5 Å². The highest BCUT2D eigenvalue weighted by molar-refractivity contribution is 7.17. The molecule has 3 nitrogen and oxygen atoms in total. The Kier molecular flexibility index (Phi) is 5.11. The fourth-order valence-electron chi connectivity index (χ4n) is 3.32. The van der Waals surface area contributed by atoms with Crippen molar-refractivity contribution in [3.05, 3.63) is 40.4 Å². The molecule has 122 valence electrons. The summed E-state index contributed by atoms with van der Waals surface area (Å²) in [4.78, 5) is 16.6. The summed E-state index contributed by atoms with van der Waals surface area (Å²) in [6, 6.07) is 8.12. The second-order valence-corrected chi connectivity index (χ2v) is 7.51. The summed E-state index contributed by atoms with van der Waals surface area (Å²) in [6.07, 6.45) is 8.43. The molecule has 1 aliphatic carbocycles. The zero-order chi connectivity index (χ0) is 16.2. The SMILES string of the molecule is Cc1ccc(-c2nc(CCC3CCCCC3)c(C(=O)O)s2)cc1. The molecule has 0 aliphatic heterocycles. The summed E-state index contributed by atoms with van der Waals surface area (Å²) in [5.41, 5.74) is 2.97. The molecule has 1 aromatic carbocycles. The molecule has 0 amide bonds. The molecule has 1 aliphatic rings. The number of rotatable bonds is 5. The lowest BCUT2D eigenvalue weighted by Crippen LogP contribution is -2.08. The molecule has 0 unspecified atom stereocenters. The van der Waals surface area contributed by atoms with Gasteiger partial charge in [0.1, 0.15) is 9.88 Å². The molecule has 0 atom stereocenters. The van der Waals surface area contributed by atoms with Crippen molar-refractivity contribution in [2.45, 2.75) is 51.9 Å². The van der Waals surface area contributed by atoms with Gasteiger partial charge < -0.3 is 5.11 Å². The molecule has 1 heterocycles. The first kappa shape index (κ1) is 16.2. The van der Waals surface area contributed by atoms with Crippen molar-refractivity contribution < 1.29 is 9.90 Å². The maximum Gasteiger partial charge on any atom is 0.347 e. The van der Waals surface area contributed by atoms with Crippen LogP contribution in [0.2, 0.25) is 0 Å². The fourth-order valence-corrected chi connectivity index (χ4v) is 4.28. The number of hydrogen-bond acceptors (Lipinski definition) is 3. The van der Waals surface area contributed by atoms with Crippen LogP contribution in [-0.2, 0) is 6.42 Å². The van der Waals surface area contributed by atoms with Crippen LogP contribution >= 0.6 is 11.3 Å². The maximum absolute atomic E-state index is 11.5. The third kappa shape index (κ3) is 3.99. The number of benzene rings is 1. The van der Waals surface area contributed by atoms with Crippen molar-refractivity contribution in [1.29, 1.82) is 0 Å². The van der Waals surface area contributed by atoms with E-state index in [4.69, 9.17) is 0 Å². The van der Waals surface area contributed by atoms with Gasteiger partial charge in [-0.15, -0.1) is 11.3 Å². The Bertz CT molecular complexity index is 669. The standard InChI is InChI=1S/C19H23NO2S/c1-13-7-10-15(11-8-13)18-20-16(17(23-18)19(21)22)12-9-14-5-3-2-4-6-14/h7-8,10-11,14H,2-6,9,12H2,1H3,(H,21,22). The lowest BCUT2D eigenvalue weighted by molar-refractivity contribution is 0.0700. The van der Waals surface area contributed by atoms with E-state index in [0.717, 1.165) is 35.0 Å². The lowest BCUT2D eigenvalue weighted by Gasteiger charge is -2.20. The van der Waals surface area contributed by atoms with Crippen LogP contribution in [0.15, 0.2) is 24.3 Å². The molecule has 1 saturated carbocycles. The van der Waals surface area contributed by atoms with E-state index in [9.17, 15) is 9.90 Å². The van der Waals surface area contributed by atoms with Gasteiger partial charge in [0.2, 0.25) is 0 Å². The molecule has 1 aromatic heterocycles. The van der Waals surface area contributed by atoms with Crippen LogP contribution in [0.5, 0.6) is 0 Å². The zero-order valence-electron chi connectivity index (χ0n) is 13.5. The largest absolute Gasteiger partial charge is 0.477 e. The van der Waals surface area contributed by atoms with Crippen LogP contribution < -0.4 is 0 Å². The predicted octanol–water partition coefficient (Wildman–Crippen LogP) is 5.33. The number of aryl methyl sites for hydroxylation is 2. The Balaban J connectivity index is 1.78. The maximum atomic E-state index is 11.5. The van der Waals surface area contributed by atoms with Gasteiger partial charge in [-0.2, -0.15) is 0 Å². The minimum atomic E-state index is -0.848. The number of aromatic carboxylic acids is 1. The van der Waals surface area contributed by atoms with E-state index in [1.165, 1.54) is 49.0 Å². The summed E-state index contributed by atoms with van der Waals surface area (Å²) in [7, 11) is 0. The Morgan fingerprint density at radius 2 is 1.91 bits per heavy atom. The van der Waals surface area contributed by atoms with E-state index in [1.807, 2.05) is 31.2 Å². The number of thiazole rings is 1. The lowest BCUT2D eigenvalue weighted by atomic mass is 9.86. The van der Waals surface area contributed by atoms with Gasteiger partial charge in [0.25, 0.3) is 0 Å². The third-order valence-electron chi connectivity index (χ3n) is 4.70. The number of nitrogens with zero attached hydrogens (tertiary/aromatic N) is 1. The van der Waals surface area contributed by atoms with Gasteiger partial charge >= 0.3 is 5.97 Å². The van der Waals surface area contributed by atoms with Crippen molar-refractivity contribution in [1.82, 2.24) is 4.98 Å². The van der Waals surface area contributed by atoms with E-state index in [2.05, 4.69) is 4.98 Å². The average molecular weight is 329 g/mol. The van der Waals surface area contributed by atoms with Crippen LogP contribution in [0.25, 0.3) is 10.6 Å². The van der Waals surface area contributed by atoms with Crippen LogP contribution in [0.3, 0.4) is 0 Å². The third-order valence-corrected chi connectivity index (χ3v) is 5.84. The van der Waals surface area contributed by atoms with Crippen molar-refractivity contribution in [3.8, 4) is 10.6 Å². The number of carboxylic acid groups (broad SMARTS) is 1. The normalized spacial score (nSPS) is 15.7. The topological polar surface area (TPSA) is 50.2 Å². The summed E-state index contributed by atoms with van der Waals surface area (Å²) in [5, 5.41) is 10.3. The first-order valence-electron chi connectivity index (χ1n) is 8.43. The van der Waals surface area contributed by atoms with Gasteiger partial charge in [-0.25, -0.2) is 9.78 Å². The zero-order valence-corrected chi connectivity index (χ0v) is 14.4. The summed E-state index contributed by atoms with van der Waals surface area (Å²) >= 11 is 1.30. The number of carboxylic acids is 1. The van der Waals surface area contributed by atoms with Crippen molar-refractivity contribution in [3.63, 3.8) is 0 Å². The smallest absolute Gasteiger partial charge is 0.347 e. The average Bonchev–Trinajstić information content (AvgIpc) is 2.99. The Hall–Kier alpha value is -1.68. The van der Waals surface area contributed by atoms with E-state index >= 15 is 0 Å². The van der Waals surface area contributed by atoms with Crippen LogP contribution in [0.4, 0.5) is 0 Å². The molecule has 3 rings (SSSR count). The minimum absolute atomic E-state index is 0.413. The molecule has 1 fully saturated rings. The predicted molar refractivity (Wildman–Crippen MR) is 94.1 cm³/mol. The van der Waals surface area contributed by atoms with E-state index in [0.29, 0.717) is 4.88 Å². The summed E-state index contributed by atoms with van der Waals surface area (Å²) in [5.74, 6) is -0.102. The first-order chi connectivity index (χ1) is 11.1. The van der Waals surface area contributed by atoms with E-state index in [1.54, 1.807) is 0 Å². The molecule has 4 heteroatoms. The first-order valence-corrected chi connectivity index (χ1v) is 9.25. The van der Waals surface area contributed by atoms with Gasteiger partial charge in [-0.05, 0) is 25.7 Å². The van der Waals surface area contributed by atoms with Crippen molar-refractivity contribution in [2.24, 2.45) is 5.92 Å². The molecule has 2 aromatic rings. The molecular formula is C19H23NO2S. The molecule has 1 N–H and O–H groups in total. The summed E-state index contributed by atoms with van der Waals surface area (Å²) in [6.45, 7) is 2.05. The van der Waals surface area contributed by atoms with Gasteiger partial charge in [0, 0.05) is 5.56 Å². The highest BCUT2D eigenvalue weighted by Crippen LogP contribution is 2.32. The monoisotopic (exact) mass is 329 g/mol. The molecule has 0 saturated heterocycles. The van der Waals surface area contributed by atoms with Gasteiger partial charge in [-0.3, -0.25) is 0 Å². The second-order valence-electron chi connectivity index (χ2n) is 6.51. The fraction of sp³-hybridized carbons (Fsp3) is 0.474. The minimum Gasteiger partial charge on any atom is -0.477 e. The van der Waals surface area contributed by atoms with Crippen LogP contribution in [0, 0.1) is 12.8 Å². The quantitative estimate of drug-likeness (QED) is 0.806. The second kappa shape index (κ2) is 7.26. The highest BCUT2D eigenvalue weighted by atomic mass is 32.1.